The Morgan fingerprint density at radius 1 is 1.16 bits per heavy atom. The number of rotatable bonds is 3. The highest BCUT2D eigenvalue weighted by molar-refractivity contribution is 6.83. The van der Waals surface area contributed by atoms with E-state index in [0.717, 1.165) is 4.90 Å². The highest BCUT2D eigenvalue weighted by atomic mass is 28.3. The minimum absolute atomic E-state index is 0.165. The van der Waals surface area contributed by atoms with E-state index in [0.29, 0.717) is 0 Å². The second kappa shape index (κ2) is 7.92. The predicted octanol–water partition coefficient (Wildman–Crippen LogP) is 0.286. The highest BCUT2D eigenvalue weighted by Gasteiger charge is 2.22. The van der Waals surface area contributed by atoms with E-state index in [1.165, 1.54) is 0 Å². The molecule has 0 N–H and O–H groups in total. The normalized spacial score (nSPS) is 9.32. The number of ether oxygens (including phenoxy) is 1. The van der Waals surface area contributed by atoms with Crippen molar-refractivity contribution in [3.63, 3.8) is 0 Å². The first-order valence-corrected chi connectivity index (χ1v) is 9.01. The van der Waals surface area contributed by atoms with E-state index in [1.54, 1.807) is 12.1 Å². The van der Waals surface area contributed by atoms with Crippen molar-refractivity contribution in [1.29, 1.82) is 10.5 Å². The summed E-state index contributed by atoms with van der Waals surface area (Å²) in [5.41, 5.74) is 2.98. The van der Waals surface area contributed by atoms with Gasteiger partial charge in [-0.3, -0.25) is 4.79 Å². The maximum Gasteiger partial charge on any atom is 0.398 e. The zero-order valence-corrected chi connectivity index (χ0v) is 12.2. The van der Waals surface area contributed by atoms with Crippen LogP contribution in [0.3, 0.4) is 0 Å². The van der Waals surface area contributed by atoms with Gasteiger partial charge in [0.05, 0.1) is 12.1 Å². The summed E-state index contributed by atoms with van der Waals surface area (Å²) in [6.45, 7) is 5.28. The second-order valence-corrected chi connectivity index (χ2v) is 9.36. The number of esters is 1. The molecule has 19 heavy (non-hydrogen) atoms. The maximum absolute atomic E-state index is 11.5. The molecule has 0 aromatic rings. The molecular formula is C12H15N3O3Si. The third-order valence-corrected chi connectivity index (χ3v) is 2.65. The molecule has 6 nitrogen and oxygen atoms in total. The Bertz CT molecular complexity index is 470. The van der Waals surface area contributed by atoms with Gasteiger partial charge >= 0.3 is 11.9 Å². The summed E-state index contributed by atoms with van der Waals surface area (Å²) < 4.78 is 4.67. The molecule has 7 heteroatoms. The molecule has 0 aromatic heterocycles. The fraction of sp³-hybridized carbons (Fsp3) is 0.500. The molecule has 0 fully saturated rings. The number of hydrogen-bond donors (Lipinski definition) is 0. The van der Waals surface area contributed by atoms with E-state index < -0.39 is 20.0 Å². The van der Waals surface area contributed by atoms with Gasteiger partial charge in [0.15, 0.2) is 6.61 Å². The molecule has 0 saturated heterocycles. The monoisotopic (exact) mass is 277 g/mol. The van der Waals surface area contributed by atoms with E-state index in [-0.39, 0.29) is 19.7 Å². The van der Waals surface area contributed by atoms with Gasteiger partial charge in [0.2, 0.25) is 0 Å². The van der Waals surface area contributed by atoms with Crippen molar-refractivity contribution >= 4 is 20.0 Å². The Hall–Kier alpha value is -2.30. The van der Waals surface area contributed by atoms with Gasteiger partial charge in [-0.2, -0.15) is 10.5 Å². The average molecular weight is 277 g/mol. The van der Waals surface area contributed by atoms with Gasteiger partial charge in [0, 0.05) is 0 Å². The molecule has 0 atom stereocenters. The van der Waals surface area contributed by atoms with Crippen LogP contribution in [0.25, 0.3) is 0 Å². The van der Waals surface area contributed by atoms with Crippen LogP contribution in [0.15, 0.2) is 0 Å². The van der Waals surface area contributed by atoms with Crippen LogP contribution in [-0.4, -0.2) is 44.5 Å². The molecule has 0 radical (unpaired) electrons. The molecule has 0 rings (SSSR count). The molecule has 0 aliphatic heterocycles. The third-order valence-electron chi connectivity index (χ3n) is 1.72. The molecule has 0 aliphatic rings. The van der Waals surface area contributed by atoms with Crippen LogP contribution >= 0.6 is 0 Å². The lowest BCUT2D eigenvalue weighted by Gasteiger charge is -2.13. The summed E-state index contributed by atoms with van der Waals surface area (Å²) in [5.74, 6) is 0.579. The van der Waals surface area contributed by atoms with Crippen molar-refractivity contribution in [1.82, 2.24) is 4.90 Å². The van der Waals surface area contributed by atoms with Crippen LogP contribution < -0.4 is 0 Å². The fourth-order valence-corrected chi connectivity index (χ4v) is 1.57. The summed E-state index contributed by atoms with van der Waals surface area (Å²) in [6, 6.07) is 3.40. The van der Waals surface area contributed by atoms with Crippen LogP contribution in [0.4, 0.5) is 0 Å². The standard InChI is InChI=1S/C12H15N3O3Si/c1-19(2,3)10-4-9-18-12(17)11(16)15(7-5-13)8-6-14/h7-9H2,1-3H3. The van der Waals surface area contributed by atoms with Gasteiger partial charge < -0.3 is 9.64 Å². The largest absolute Gasteiger partial charge is 0.445 e. The van der Waals surface area contributed by atoms with Crippen LogP contribution in [0.1, 0.15) is 0 Å². The number of amides is 1. The number of hydrogen-bond acceptors (Lipinski definition) is 5. The molecular weight excluding hydrogens is 262 g/mol. The molecule has 1 amide bonds. The van der Waals surface area contributed by atoms with E-state index in [1.807, 2.05) is 19.6 Å². The van der Waals surface area contributed by atoms with Crippen molar-refractivity contribution < 1.29 is 14.3 Å². The molecule has 0 aliphatic carbocycles. The molecule has 0 heterocycles. The van der Waals surface area contributed by atoms with Gasteiger partial charge in [-0.25, -0.2) is 4.79 Å². The van der Waals surface area contributed by atoms with E-state index >= 15 is 0 Å². The van der Waals surface area contributed by atoms with Crippen LogP contribution in [0, 0.1) is 34.1 Å². The highest BCUT2D eigenvalue weighted by Crippen LogP contribution is 1.96. The smallest absolute Gasteiger partial charge is 0.398 e. The Kier molecular flexibility index (Phi) is 6.96. The van der Waals surface area contributed by atoms with Crippen molar-refractivity contribution in [2.45, 2.75) is 19.6 Å². The maximum atomic E-state index is 11.5. The Morgan fingerprint density at radius 3 is 2.11 bits per heavy atom. The zero-order valence-electron chi connectivity index (χ0n) is 11.2. The number of nitriles is 2. The van der Waals surface area contributed by atoms with Gasteiger partial charge in [0.1, 0.15) is 21.2 Å². The van der Waals surface area contributed by atoms with Gasteiger partial charge in [-0.05, 0) is 0 Å². The van der Waals surface area contributed by atoms with Crippen LogP contribution in [0.5, 0.6) is 0 Å². The lowest BCUT2D eigenvalue weighted by Crippen LogP contribution is -2.38. The van der Waals surface area contributed by atoms with Crippen molar-refractivity contribution in [2.75, 3.05) is 19.7 Å². The molecule has 0 aromatic carbocycles. The number of nitrogens with zero attached hydrogens (tertiary/aromatic N) is 3. The first kappa shape index (κ1) is 16.7. The molecule has 0 bridgehead atoms. The molecule has 0 saturated carbocycles. The lowest BCUT2D eigenvalue weighted by atomic mass is 10.4. The van der Waals surface area contributed by atoms with Gasteiger partial charge in [-0.1, -0.05) is 25.6 Å². The van der Waals surface area contributed by atoms with E-state index in [9.17, 15) is 9.59 Å². The van der Waals surface area contributed by atoms with Crippen LogP contribution in [0.2, 0.25) is 19.6 Å². The van der Waals surface area contributed by atoms with Gasteiger partial charge in [-0.15, -0.1) is 5.54 Å². The predicted molar refractivity (Wildman–Crippen MR) is 69.9 cm³/mol. The Morgan fingerprint density at radius 2 is 1.68 bits per heavy atom. The van der Waals surface area contributed by atoms with E-state index in [4.69, 9.17) is 10.5 Å². The van der Waals surface area contributed by atoms with Crippen LogP contribution in [-0.2, 0) is 14.3 Å². The summed E-state index contributed by atoms with van der Waals surface area (Å²) in [4.78, 5) is 23.7. The minimum Gasteiger partial charge on any atom is -0.445 e. The van der Waals surface area contributed by atoms with Crippen molar-refractivity contribution in [2.24, 2.45) is 0 Å². The zero-order chi connectivity index (χ0) is 14.9. The van der Waals surface area contributed by atoms with Crippen molar-refractivity contribution in [3.05, 3.63) is 0 Å². The third kappa shape index (κ3) is 7.59. The number of carbonyl (C=O) groups is 2. The number of carbonyl (C=O) groups excluding carboxylic acids is 2. The minimum atomic E-state index is -1.54. The summed E-state index contributed by atoms with van der Waals surface area (Å²) in [6.07, 6.45) is 0. The fourth-order valence-electron chi connectivity index (χ4n) is 0.964. The Balaban J connectivity index is 4.41. The summed E-state index contributed by atoms with van der Waals surface area (Å²) in [5, 5.41) is 16.9. The van der Waals surface area contributed by atoms with E-state index in [2.05, 4.69) is 16.2 Å². The average Bonchev–Trinajstić information content (AvgIpc) is 2.32. The second-order valence-electron chi connectivity index (χ2n) is 4.61. The lowest BCUT2D eigenvalue weighted by molar-refractivity contribution is -0.158. The molecule has 0 unspecified atom stereocenters. The van der Waals surface area contributed by atoms with Gasteiger partial charge in [0.25, 0.3) is 0 Å². The summed E-state index contributed by atoms with van der Waals surface area (Å²) >= 11 is 0. The topological polar surface area (TPSA) is 94.2 Å². The molecule has 100 valence electrons. The SMILES string of the molecule is C[Si](C)(C)C#CCOC(=O)C(=O)N(CC#N)CC#N. The first-order valence-electron chi connectivity index (χ1n) is 5.51. The van der Waals surface area contributed by atoms with Crippen molar-refractivity contribution in [3.8, 4) is 23.6 Å². The molecule has 0 spiro atoms. The first-order chi connectivity index (χ1) is 8.81. The summed E-state index contributed by atoms with van der Waals surface area (Å²) in [7, 11) is -1.54. The Labute approximate surface area is 113 Å². The quantitative estimate of drug-likeness (QED) is 0.243.